The van der Waals surface area contributed by atoms with Crippen molar-refractivity contribution in [2.24, 2.45) is 5.92 Å². The normalized spacial score (nSPS) is 27.8. The first-order valence-corrected chi connectivity index (χ1v) is 9.31. The maximum Gasteiger partial charge on any atom is 0.251 e. The van der Waals surface area contributed by atoms with Crippen LogP contribution in [-0.2, 0) is 0 Å². The van der Waals surface area contributed by atoms with E-state index < -0.39 is 0 Å². The number of carbonyl (C=O) groups is 1. The SMILES string of the molecule is O=C(N[C@H]1CN2CCC1CC2)c1ccc(OC2=CC=CCC2=S)cc1. The fraction of sp³-hybridized carbons (Fsp3) is 0.400. The third-order valence-electron chi connectivity index (χ3n) is 5.28. The van der Waals surface area contributed by atoms with Crippen LogP contribution >= 0.6 is 12.2 Å². The topological polar surface area (TPSA) is 41.6 Å². The maximum atomic E-state index is 12.5. The number of nitrogens with one attached hydrogen (secondary N) is 1. The number of carbonyl (C=O) groups excluding carboxylic acids is 1. The van der Waals surface area contributed by atoms with Crippen LogP contribution in [0.5, 0.6) is 5.75 Å². The zero-order chi connectivity index (χ0) is 17.2. The lowest BCUT2D eigenvalue weighted by Gasteiger charge is -2.44. The number of ether oxygens (including phenoxy) is 1. The van der Waals surface area contributed by atoms with E-state index in [1.54, 1.807) is 0 Å². The van der Waals surface area contributed by atoms with Crippen LogP contribution in [0.3, 0.4) is 0 Å². The summed E-state index contributed by atoms with van der Waals surface area (Å²) in [6, 6.07) is 7.56. The summed E-state index contributed by atoms with van der Waals surface area (Å²) in [7, 11) is 0. The molecule has 2 bridgehead atoms. The first-order chi connectivity index (χ1) is 12.2. The van der Waals surface area contributed by atoms with Crippen LogP contribution in [0.1, 0.15) is 29.6 Å². The van der Waals surface area contributed by atoms with Gasteiger partial charge in [0.25, 0.3) is 5.91 Å². The number of hydrogen-bond acceptors (Lipinski definition) is 4. The Kier molecular flexibility index (Phi) is 4.68. The molecule has 1 aromatic rings. The second-order valence-corrected chi connectivity index (χ2v) is 7.42. The number of hydrogen-bond donors (Lipinski definition) is 1. The monoisotopic (exact) mass is 354 g/mol. The smallest absolute Gasteiger partial charge is 0.251 e. The van der Waals surface area contributed by atoms with Gasteiger partial charge in [-0.25, -0.2) is 0 Å². The zero-order valence-electron chi connectivity index (χ0n) is 14.1. The maximum absolute atomic E-state index is 12.5. The molecule has 4 aliphatic rings. The highest BCUT2D eigenvalue weighted by atomic mass is 32.1. The minimum absolute atomic E-state index is 0.000589. The Labute approximate surface area is 153 Å². The molecule has 0 unspecified atom stereocenters. The van der Waals surface area contributed by atoms with Gasteiger partial charge >= 0.3 is 0 Å². The summed E-state index contributed by atoms with van der Waals surface area (Å²) in [5.41, 5.74) is 0.670. The fourth-order valence-corrected chi connectivity index (χ4v) is 4.00. The van der Waals surface area contributed by atoms with Gasteiger partial charge < -0.3 is 15.0 Å². The Morgan fingerprint density at radius 2 is 1.96 bits per heavy atom. The highest BCUT2D eigenvalue weighted by Crippen LogP contribution is 2.27. The van der Waals surface area contributed by atoms with E-state index in [-0.39, 0.29) is 11.9 Å². The van der Waals surface area contributed by atoms with Crippen LogP contribution in [0.4, 0.5) is 0 Å². The molecule has 0 saturated carbocycles. The fourth-order valence-electron chi connectivity index (χ4n) is 3.80. The van der Waals surface area contributed by atoms with Crippen LogP contribution in [0.25, 0.3) is 0 Å². The van der Waals surface area contributed by atoms with Gasteiger partial charge in [-0.1, -0.05) is 24.4 Å². The van der Waals surface area contributed by atoms with Crippen molar-refractivity contribution in [1.29, 1.82) is 0 Å². The number of rotatable bonds is 4. The van der Waals surface area contributed by atoms with E-state index >= 15 is 0 Å². The number of allylic oxidation sites excluding steroid dienone is 4. The molecular formula is C20H22N2O2S. The van der Waals surface area contributed by atoms with Gasteiger partial charge in [0.1, 0.15) is 11.5 Å². The van der Waals surface area contributed by atoms with Gasteiger partial charge in [-0.2, -0.15) is 0 Å². The van der Waals surface area contributed by atoms with Gasteiger partial charge in [-0.15, -0.1) is 0 Å². The van der Waals surface area contributed by atoms with E-state index in [1.807, 2.05) is 42.5 Å². The van der Waals surface area contributed by atoms with Crippen molar-refractivity contribution in [3.63, 3.8) is 0 Å². The van der Waals surface area contributed by atoms with Gasteiger partial charge in [0, 0.05) is 24.6 Å². The highest BCUT2D eigenvalue weighted by molar-refractivity contribution is 7.80. The van der Waals surface area contributed by atoms with Crippen molar-refractivity contribution < 1.29 is 9.53 Å². The van der Waals surface area contributed by atoms with Gasteiger partial charge in [0.2, 0.25) is 0 Å². The summed E-state index contributed by atoms with van der Waals surface area (Å²) >= 11 is 5.30. The van der Waals surface area contributed by atoms with E-state index in [2.05, 4.69) is 10.2 Å². The van der Waals surface area contributed by atoms with Crippen molar-refractivity contribution in [2.75, 3.05) is 19.6 Å². The summed E-state index contributed by atoms with van der Waals surface area (Å²) in [6.07, 6.45) is 8.96. The molecule has 3 fully saturated rings. The van der Waals surface area contributed by atoms with Crippen LogP contribution in [0.2, 0.25) is 0 Å². The van der Waals surface area contributed by atoms with Crippen molar-refractivity contribution in [1.82, 2.24) is 10.2 Å². The third kappa shape index (κ3) is 3.67. The van der Waals surface area contributed by atoms with Crippen LogP contribution in [0.15, 0.2) is 48.3 Å². The molecule has 3 heterocycles. The second-order valence-electron chi connectivity index (χ2n) is 6.93. The molecule has 1 aromatic carbocycles. The van der Waals surface area contributed by atoms with Gasteiger partial charge in [0.05, 0.1) is 4.86 Å². The molecule has 4 nitrogen and oxygen atoms in total. The van der Waals surface area contributed by atoms with Crippen molar-refractivity contribution in [2.45, 2.75) is 25.3 Å². The lowest BCUT2D eigenvalue weighted by atomic mass is 9.84. The molecule has 0 spiro atoms. The first kappa shape index (κ1) is 16.5. The Hall–Kier alpha value is -1.98. The number of thiocarbonyl (C=S) groups is 1. The molecule has 1 amide bonds. The van der Waals surface area contributed by atoms with Crippen molar-refractivity contribution >= 4 is 23.0 Å². The Morgan fingerprint density at radius 3 is 2.60 bits per heavy atom. The van der Waals surface area contributed by atoms with Crippen LogP contribution in [0, 0.1) is 5.92 Å². The largest absolute Gasteiger partial charge is 0.456 e. The molecule has 0 aromatic heterocycles. The molecule has 1 atom stereocenters. The summed E-state index contributed by atoms with van der Waals surface area (Å²) in [4.78, 5) is 15.8. The average molecular weight is 354 g/mol. The Morgan fingerprint density at radius 1 is 1.20 bits per heavy atom. The number of piperidine rings is 3. The molecule has 5 rings (SSSR count). The second kappa shape index (κ2) is 7.10. The molecule has 5 heteroatoms. The molecule has 3 saturated heterocycles. The van der Waals surface area contributed by atoms with Gasteiger partial charge in [-0.05, 0) is 62.2 Å². The van der Waals surface area contributed by atoms with Crippen LogP contribution < -0.4 is 10.1 Å². The van der Waals surface area contributed by atoms with E-state index in [0.717, 1.165) is 17.8 Å². The molecule has 1 aliphatic carbocycles. The predicted molar refractivity (Wildman–Crippen MR) is 102 cm³/mol. The lowest BCUT2D eigenvalue weighted by Crippen LogP contribution is -2.57. The summed E-state index contributed by atoms with van der Waals surface area (Å²) in [5, 5.41) is 3.21. The third-order valence-corrected chi connectivity index (χ3v) is 5.65. The molecule has 1 N–H and O–H groups in total. The summed E-state index contributed by atoms with van der Waals surface area (Å²) in [5.74, 6) is 2.04. The van der Waals surface area contributed by atoms with E-state index in [1.165, 1.54) is 25.9 Å². The Bertz CT molecular complexity index is 731. The minimum atomic E-state index is 0.000589. The lowest BCUT2D eigenvalue weighted by molar-refractivity contribution is 0.0620. The average Bonchev–Trinajstić information content (AvgIpc) is 2.65. The zero-order valence-corrected chi connectivity index (χ0v) is 14.9. The Balaban J connectivity index is 1.38. The quantitative estimate of drug-likeness (QED) is 0.844. The van der Waals surface area contributed by atoms with Gasteiger partial charge in [0.15, 0.2) is 0 Å². The minimum Gasteiger partial charge on any atom is -0.456 e. The highest BCUT2D eigenvalue weighted by Gasteiger charge is 2.34. The summed E-state index contributed by atoms with van der Waals surface area (Å²) < 4.78 is 5.82. The van der Waals surface area contributed by atoms with E-state index in [9.17, 15) is 4.79 Å². The standard InChI is InChI=1S/C20H22N2O2S/c23-20(21-17-13-22-11-9-14(17)10-12-22)15-5-7-16(8-6-15)24-18-3-1-2-4-19(18)25/h1-3,5-8,14,17H,4,9-13H2,(H,21,23)/t17-/m0/s1. The van der Waals surface area contributed by atoms with E-state index in [4.69, 9.17) is 17.0 Å². The number of fused-ring (bicyclic) bond motifs is 3. The summed E-state index contributed by atoms with van der Waals surface area (Å²) in [6.45, 7) is 3.34. The molecule has 25 heavy (non-hydrogen) atoms. The number of benzene rings is 1. The molecule has 3 aliphatic heterocycles. The number of nitrogens with zero attached hydrogens (tertiary/aromatic N) is 1. The predicted octanol–water partition coefficient (Wildman–Crippen LogP) is 3.10. The van der Waals surface area contributed by atoms with E-state index in [0.29, 0.717) is 23.0 Å². The molecular weight excluding hydrogens is 332 g/mol. The molecule has 0 radical (unpaired) electrons. The van der Waals surface area contributed by atoms with Crippen LogP contribution in [-0.4, -0.2) is 41.3 Å². The number of amides is 1. The van der Waals surface area contributed by atoms with Crippen molar-refractivity contribution in [3.8, 4) is 5.75 Å². The first-order valence-electron chi connectivity index (χ1n) is 8.90. The van der Waals surface area contributed by atoms with Gasteiger partial charge in [-0.3, -0.25) is 4.79 Å². The van der Waals surface area contributed by atoms with Crippen molar-refractivity contribution in [3.05, 3.63) is 53.8 Å². The molecule has 130 valence electrons.